The summed E-state index contributed by atoms with van der Waals surface area (Å²) in [6.45, 7) is 5.39. The van der Waals surface area contributed by atoms with Crippen molar-refractivity contribution < 1.29 is 42.9 Å². The number of ether oxygens (including phenoxy) is 4. The highest BCUT2D eigenvalue weighted by Crippen LogP contribution is 2.32. The Balaban J connectivity index is 3.31. The van der Waals surface area contributed by atoms with Gasteiger partial charge in [-0.1, -0.05) is 0 Å². The van der Waals surface area contributed by atoms with Crippen molar-refractivity contribution in [3.8, 4) is 0 Å². The van der Waals surface area contributed by atoms with Crippen LogP contribution in [0.5, 0.6) is 0 Å². The van der Waals surface area contributed by atoms with Crippen LogP contribution in [0.3, 0.4) is 0 Å². The molecule has 1 aliphatic heterocycles. The van der Waals surface area contributed by atoms with Crippen molar-refractivity contribution in [3.63, 3.8) is 0 Å². The minimum Gasteiger partial charge on any atom is -0.464 e. The van der Waals surface area contributed by atoms with E-state index in [0.717, 1.165) is 25.7 Å². The molecule has 25 heavy (non-hydrogen) atoms. The molecule has 4 atom stereocenters. The molecule has 0 aromatic rings. The predicted molar refractivity (Wildman–Crippen MR) is 79.6 cm³/mol. The van der Waals surface area contributed by atoms with E-state index in [4.69, 9.17) is 18.9 Å². The van der Waals surface area contributed by atoms with E-state index in [1.54, 1.807) is 0 Å². The summed E-state index contributed by atoms with van der Waals surface area (Å²) >= 11 is 0. The third-order valence-corrected chi connectivity index (χ3v) is 3.33. The molecule has 0 N–H and O–H groups in total. The Bertz CT molecular complexity index is 573. The van der Waals surface area contributed by atoms with Crippen molar-refractivity contribution in [1.29, 1.82) is 0 Å². The number of rotatable bonds is 5. The Morgan fingerprint density at radius 1 is 0.720 bits per heavy atom. The summed E-state index contributed by atoms with van der Waals surface area (Å²) in [7, 11) is 0. The first kappa shape index (κ1) is 20.4. The number of nitrogens with zero attached hydrogens (tertiary/aromatic N) is 1. The summed E-state index contributed by atoms with van der Waals surface area (Å²) in [5.74, 6) is -3.33. The lowest BCUT2D eigenvalue weighted by Gasteiger charge is -2.28. The Morgan fingerprint density at radius 2 is 1.20 bits per heavy atom. The van der Waals surface area contributed by atoms with Crippen LogP contribution in [-0.2, 0) is 42.9 Å². The van der Waals surface area contributed by atoms with E-state index < -0.39 is 54.3 Å². The summed E-state index contributed by atoms with van der Waals surface area (Å²) in [4.78, 5) is 58.5. The molecule has 1 saturated heterocycles. The van der Waals surface area contributed by atoms with E-state index in [1.165, 1.54) is 13.8 Å². The first-order chi connectivity index (χ1) is 11.5. The van der Waals surface area contributed by atoms with Gasteiger partial charge in [0.15, 0.2) is 12.2 Å². The highest BCUT2D eigenvalue weighted by molar-refractivity contribution is 5.76. The van der Waals surface area contributed by atoms with Crippen LogP contribution in [-0.4, -0.2) is 65.8 Å². The second kappa shape index (κ2) is 8.45. The molecule has 1 rings (SSSR count). The van der Waals surface area contributed by atoms with Crippen molar-refractivity contribution in [3.05, 3.63) is 0 Å². The summed E-state index contributed by atoms with van der Waals surface area (Å²) in [6.07, 6.45) is -3.74. The molecule has 0 radical (unpaired) electrons. The maximum absolute atomic E-state index is 12.1. The first-order valence-electron chi connectivity index (χ1n) is 7.48. The molecule has 0 aromatic carbocycles. The van der Waals surface area contributed by atoms with Gasteiger partial charge in [0.2, 0.25) is 12.1 Å². The van der Waals surface area contributed by atoms with Crippen LogP contribution in [0.2, 0.25) is 0 Å². The van der Waals surface area contributed by atoms with E-state index in [0.29, 0.717) is 0 Å². The fraction of sp³-hybridized carbons (Fsp3) is 0.667. The first-order valence-corrected chi connectivity index (χ1v) is 7.48. The molecule has 0 saturated carbocycles. The number of carbonyl (C=O) groups is 5. The Labute approximate surface area is 144 Å². The topological polar surface area (TPSA) is 126 Å². The SMILES string of the molecule is CC(=O)OC[C@@H]1[C@@H](OC(C)=O)[C@@H](OC(C)=O)[C@H](OC(C)=O)N1C(C)=O. The number of hydrogen-bond donors (Lipinski definition) is 0. The van der Waals surface area contributed by atoms with Gasteiger partial charge < -0.3 is 18.9 Å². The minimum absolute atomic E-state index is 0.331. The molecular weight excluding hydrogens is 338 g/mol. The van der Waals surface area contributed by atoms with Crippen molar-refractivity contribution in [2.24, 2.45) is 0 Å². The molecule has 0 aromatic heterocycles. The van der Waals surface area contributed by atoms with Crippen molar-refractivity contribution in [2.75, 3.05) is 6.61 Å². The van der Waals surface area contributed by atoms with Crippen LogP contribution in [0.25, 0.3) is 0 Å². The fourth-order valence-electron chi connectivity index (χ4n) is 2.63. The molecule has 0 spiro atoms. The van der Waals surface area contributed by atoms with Gasteiger partial charge in [0.05, 0.1) is 0 Å². The van der Waals surface area contributed by atoms with Crippen LogP contribution in [0.15, 0.2) is 0 Å². The average Bonchev–Trinajstić information content (AvgIpc) is 2.69. The molecule has 0 unspecified atom stereocenters. The van der Waals surface area contributed by atoms with Gasteiger partial charge in [0, 0.05) is 34.6 Å². The molecule has 1 aliphatic rings. The fourth-order valence-corrected chi connectivity index (χ4v) is 2.63. The molecule has 0 bridgehead atoms. The molecule has 1 heterocycles. The monoisotopic (exact) mass is 359 g/mol. The lowest BCUT2D eigenvalue weighted by Crippen LogP contribution is -2.47. The van der Waals surface area contributed by atoms with E-state index in [-0.39, 0.29) is 6.61 Å². The molecular formula is C15H21NO9. The predicted octanol–water partition coefficient (Wildman–Crippen LogP) is -0.467. The smallest absolute Gasteiger partial charge is 0.304 e. The molecule has 140 valence electrons. The normalized spacial score (nSPS) is 25.1. The van der Waals surface area contributed by atoms with Gasteiger partial charge in [-0.3, -0.25) is 28.9 Å². The summed E-state index contributed by atoms with van der Waals surface area (Å²) in [5, 5.41) is 0. The van der Waals surface area contributed by atoms with Crippen LogP contribution < -0.4 is 0 Å². The summed E-state index contributed by atoms with van der Waals surface area (Å²) < 4.78 is 20.3. The molecule has 10 nitrogen and oxygen atoms in total. The van der Waals surface area contributed by atoms with Gasteiger partial charge in [0.1, 0.15) is 12.6 Å². The number of amides is 1. The Hall–Kier alpha value is -2.65. The number of carbonyl (C=O) groups excluding carboxylic acids is 5. The second-order valence-electron chi connectivity index (χ2n) is 5.44. The zero-order valence-electron chi connectivity index (χ0n) is 14.6. The third kappa shape index (κ3) is 5.44. The van der Waals surface area contributed by atoms with Gasteiger partial charge in [-0.15, -0.1) is 0 Å². The molecule has 1 fully saturated rings. The van der Waals surface area contributed by atoms with Crippen molar-refractivity contribution in [2.45, 2.75) is 59.1 Å². The molecule has 0 aliphatic carbocycles. The quantitative estimate of drug-likeness (QED) is 0.473. The van der Waals surface area contributed by atoms with Gasteiger partial charge in [-0.25, -0.2) is 0 Å². The van der Waals surface area contributed by atoms with Crippen LogP contribution >= 0.6 is 0 Å². The van der Waals surface area contributed by atoms with Gasteiger partial charge in [0.25, 0.3) is 0 Å². The van der Waals surface area contributed by atoms with Gasteiger partial charge in [-0.05, 0) is 0 Å². The number of hydrogen-bond acceptors (Lipinski definition) is 9. The van der Waals surface area contributed by atoms with E-state index in [1.807, 2.05) is 0 Å². The van der Waals surface area contributed by atoms with Crippen molar-refractivity contribution in [1.82, 2.24) is 4.90 Å². The lowest BCUT2D eigenvalue weighted by molar-refractivity contribution is -0.181. The van der Waals surface area contributed by atoms with Crippen LogP contribution in [0.4, 0.5) is 0 Å². The lowest BCUT2D eigenvalue weighted by atomic mass is 10.1. The Kier molecular flexibility index (Phi) is 6.89. The largest absolute Gasteiger partial charge is 0.464 e. The number of esters is 4. The number of likely N-dealkylation sites (tertiary alicyclic amines) is 1. The van der Waals surface area contributed by atoms with Gasteiger partial charge in [-0.2, -0.15) is 0 Å². The zero-order chi connectivity index (χ0) is 19.3. The highest BCUT2D eigenvalue weighted by Gasteiger charge is 2.56. The van der Waals surface area contributed by atoms with Crippen LogP contribution in [0, 0.1) is 0 Å². The Morgan fingerprint density at radius 3 is 1.60 bits per heavy atom. The zero-order valence-corrected chi connectivity index (χ0v) is 14.6. The van der Waals surface area contributed by atoms with E-state index in [2.05, 4.69) is 0 Å². The maximum Gasteiger partial charge on any atom is 0.304 e. The maximum atomic E-state index is 12.1. The second-order valence-corrected chi connectivity index (χ2v) is 5.44. The third-order valence-electron chi connectivity index (χ3n) is 3.33. The summed E-state index contributed by atoms with van der Waals surface area (Å²) in [5.41, 5.74) is 0. The van der Waals surface area contributed by atoms with Gasteiger partial charge >= 0.3 is 23.9 Å². The van der Waals surface area contributed by atoms with E-state index >= 15 is 0 Å². The minimum atomic E-state index is -1.32. The molecule has 10 heteroatoms. The molecule has 1 amide bonds. The van der Waals surface area contributed by atoms with E-state index in [9.17, 15) is 24.0 Å². The highest BCUT2D eigenvalue weighted by atomic mass is 16.6. The van der Waals surface area contributed by atoms with Crippen molar-refractivity contribution >= 4 is 29.8 Å². The average molecular weight is 359 g/mol. The summed E-state index contributed by atoms with van der Waals surface area (Å²) in [6, 6.07) is -0.987. The standard InChI is InChI=1S/C15H21NO9/c1-7(17)16-12(6-22-8(2)18)13(23-9(3)19)14(24-10(4)20)15(16)25-11(5)21/h12-15H,6H2,1-5H3/t12-,13-,14-,15+/m1/s1. The van der Waals surface area contributed by atoms with Crippen LogP contribution in [0.1, 0.15) is 34.6 Å².